The van der Waals surface area contributed by atoms with Gasteiger partial charge in [-0.15, -0.1) is 0 Å². The summed E-state index contributed by atoms with van der Waals surface area (Å²) in [5, 5.41) is 15.0. The van der Waals surface area contributed by atoms with E-state index in [0.717, 1.165) is 13.2 Å². The molecule has 1 N–H and O–H groups in total. The first-order valence-electron chi connectivity index (χ1n) is 7.02. The first-order chi connectivity index (χ1) is 11.9. The first-order valence-corrected chi connectivity index (χ1v) is 7.02. The molecule has 1 aromatic rings. The summed E-state index contributed by atoms with van der Waals surface area (Å²) in [5.74, 6) is -3.39. The van der Waals surface area contributed by atoms with Crippen molar-refractivity contribution in [2.75, 3.05) is 19.1 Å². The van der Waals surface area contributed by atoms with Gasteiger partial charge in [-0.3, -0.25) is 25.1 Å². The lowest BCUT2D eigenvalue weighted by Crippen LogP contribution is -2.36. The van der Waals surface area contributed by atoms with Gasteiger partial charge in [0, 0.05) is 0 Å². The Hall–Kier alpha value is -3.50. The maximum atomic E-state index is 12.7. The monoisotopic (exact) mass is 348 g/mol. The average molecular weight is 348 g/mol. The molecule has 11 nitrogen and oxygen atoms in total. The van der Waals surface area contributed by atoms with Crippen LogP contribution >= 0.6 is 0 Å². The van der Waals surface area contributed by atoms with Gasteiger partial charge in [0.2, 0.25) is 5.91 Å². The molecule has 0 bridgehead atoms. The van der Waals surface area contributed by atoms with E-state index in [2.05, 4.69) is 15.3 Å². The average Bonchev–Trinajstić information content (AvgIpc) is 3.14. The normalized spacial score (nSPS) is 21.5. The van der Waals surface area contributed by atoms with Crippen molar-refractivity contribution in [3.63, 3.8) is 0 Å². The molecule has 1 fully saturated rings. The van der Waals surface area contributed by atoms with Gasteiger partial charge in [0.15, 0.2) is 5.71 Å². The van der Waals surface area contributed by atoms with E-state index in [4.69, 9.17) is 4.74 Å². The van der Waals surface area contributed by atoms with Gasteiger partial charge in [0.05, 0.1) is 25.2 Å². The molecule has 130 valence electrons. The molecule has 1 saturated heterocycles. The highest BCUT2D eigenvalue weighted by atomic mass is 16.6. The quantitative estimate of drug-likeness (QED) is 0.335. The largest absolute Gasteiger partial charge is 0.496 e. The molecule has 2 heterocycles. The molecule has 0 aliphatic carbocycles. The van der Waals surface area contributed by atoms with E-state index in [1.165, 1.54) is 19.2 Å². The van der Waals surface area contributed by atoms with Crippen LogP contribution in [0.15, 0.2) is 23.3 Å². The minimum absolute atomic E-state index is 0.199. The van der Waals surface area contributed by atoms with Crippen molar-refractivity contribution < 1.29 is 28.8 Å². The highest BCUT2D eigenvalue weighted by Gasteiger charge is 2.56. The fourth-order valence-corrected chi connectivity index (χ4v) is 2.77. The molecule has 0 unspecified atom stereocenters. The lowest BCUT2D eigenvalue weighted by atomic mass is 9.99. The van der Waals surface area contributed by atoms with Crippen molar-refractivity contribution in [1.82, 2.24) is 5.43 Å². The number of esters is 1. The van der Waals surface area contributed by atoms with Gasteiger partial charge >= 0.3 is 5.97 Å². The van der Waals surface area contributed by atoms with E-state index < -0.39 is 40.4 Å². The summed E-state index contributed by atoms with van der Waals surface area (Å²) in [6.45, 7) is 0. The van der Waals surface area contributed by atoms with Crippen LogP contribution in [-0.4, -0.2) is 48.7 Å². The molecule has 0 radical (unpaired) electrons. The van der Waals surface area contributed by atoms with Crippen molar-refractivity contribution in [3.8, 4) is 5.75 Å². The number of hydrogen-bond acceptors (Lipinski definition) is 9. The Morgan fingerprint density at radius 1 is 1.32 bits per heavy atom. The zero-order valence-electron chi connectivity index (χ0n) is 13.1. The molecule has 0 spiro atoms. The Kier molecular flexibility index (Phi) is 3.83. The maximum absolute atomic E-state index is 12.7. The van der Waals surface area contributed by atoms with Crippen LogP contribution in [0.5, 0.6) is 5.75 Å². The highest BCUT2D eigenvalue weighted by Crippen LogP contribution is 2.37. The Morgan fingerprint density at radius 3 is 2.64 bits per heavy atom. The number of carbonyl (C=O) groups is 3. The Morgan fingerprint density at radius 2 is 2.04 bits per heavy atom. The van der Waals surface area contributed by atoms with Crippen molar-refractivity contribution in [3.05, 3.63) is 28.3 Å². The third-order valence-corrected chi connectivity index (χ3v) is 3.94. The third-order valence-electron chi connectivity index (χ3n) is 3.94. The molecule has 11 heteroatoms. The summed E-state index contributed by atoms with van der Waals surface area (Å²) < 4.78 is 9.47. The standard InChI is InChI=1S/C14H12N4O7/c1-24-6-3-4-7(8(5-6)18(22)23)17-12(19)9-10(13(17)20)15-16-11(9)14(21)25-2/h3-5,9-10,15H,1-2H3/t9-,10-/m0/s1. The minimum Gasteiger partial charge on any atom is -0.496 e. The molecular weight excluding hydrogens is 336 g/mol. The van der Waals surface area contributed by atoms with Crippen molar-refractivity contribution >= 4 is 34.9 Å². The number of nitro groups is 1. The highest BCUT2D eigenvalue weighted by molar-refractivity contribution is 6.46. The molecule has 2 aliphatic heterocycles. The molecule has 2 amide bonds. The van der Waals surface area contributed by atoms with Crippen LogP contribution in [0.25, 0.3) is 0 Å². The van der Waals surface area contributed by atoms with Gasteiger partial charge in [-0.05, 0) is 12.1 Å². The van der Waals surface area contributed by atoms with Crippen LogP contribution in [0.2, 0.25) is 0 Å². The van der Waals surface area contributed by atoms with E-state index in [0.29, 0.717) is 4.90 Å². The van der Waals surface area contributed by atoms with E-state index in [-0.39, 0.29) is 17.1 Å². The lowest BCUT2D eigenvalue weighted by Gasteiger charge is -2.16. The van der Waals surface area contributed by atoms with E-state index in [9.17, 15) is 24.5 Å². The summed E-state index contributed by atoms with van der Waals surface area (Å²) in [5.41, 5.74) is 1.49. The van der Waals surface area contributed by atoms with Gasteiger partial charge < -0.3 is 9.47 Å². The van der Waals surface area contributed by atoms with Crippen molar-refractivity contribution in [2.24, 2.45) is 11.0 Å². The summed E-state index contributed by atoms with van der Waals surface area (Å²) in [6.07, 6.45) is 0. The minimum atomic E-state index is -1.19. The molecular formula is C14H12N4O7. The molecule has 0 saturated carbocycles. The van der Waals surface area contributed by atoms with Crippen LogP contribution < -0.4 is 15.1 Å². The number of hydrogen-bond donors (Lipinski definition) is 1. The number of benzene rings is 1. The number of hydrazone groups is 1. The fraction of sp³-hybridized carbons (Fsp3) is 0.286. The van der Waals surface area contributed by atoms with Crippen LogP contribution in [0.3, 0.4) is 0 Å². The SMILES string of the molecule is COC(=O)C1=NN[C@@H]2C(=O)N(c3ccc(OC)cc3[N+](=O)[O-])C(=O)[C@H]12. The second-order valence-electron chi connectivity index (χ2n) is 5.20. The summed E-state index contributed by atoms with van der Waals surface area (Å²) in [4.78, 5) is 48.2. The summed E-state index contributed by atoms with van der Waals surface area (Å²) >= 11 is 0. The van der Waals surface area contributed by atoms with E-state index >= 15 is 0 Å². The Balaban J connectivity index is 2.04. The number of nitrogens with one attached hydrogen (secondary N) is 1. The molecule has 2 atom stereocenters. The summed E-state index contributed by atoms with van der Waals surface area (Å²) in [6, 6.07) is 2.62. The number of fused-ring (bicyclic) bond motifs is 1. The van der Waals surface area contributed by atoms with Gasteiger partial charge in [0.1, 0.15) is 23.4 Å². The second kappa shape index (κ2) is 5.85. The number of rotatable bonds is 4. The topological polar surface area (TPSA) is 140 Å². The molecule has 1 aromatic carbocycles. The molecule has 0 aromatic heterocycles. The lowest BCUT2D eigenvalue weighted by molar-refractivity contribution is -0.384. The van der Waals surface area contributed by atoms with Crippen molar-refractivity contribution in [2.45, 2.75) is 6.04 Å². The number of nitro benzene ring substituents is 1. The predicted molar refractivity (Wildman–Crippen MR) is 82.0 cm³/mol. The zero-order valence-corrected chi connectivity index (χ0v) is 13.1. The fourth-order valence-electron chi connectivity index (χ4n) is 2.77. The molecule has 2 aliphatic rings. The number of imide groups is 1. The van der Waals surface area contributed by atoms with E-state index in [1.54, 1.807) is 0 Å². The Bertz CT molecular complexity index is 834. The second-order valence-corrected chi connectivity index (χ2v) is 5.20. The third kappa shape index (κ3) is 2.36. The number of carbonyl (C=O) groups excluding carboxylic acids is 3. The maximum Gasteiger partial charge on any atom is 0.355 e. The number of anilines is 1. The van der Waals surface area contributed by atoms with Crippen LogP contribution in [-0.2, 0) is 19.1 Å². The number of amides is 2. The zero-order chi connectivity index (χ0) is 18.3. The van der Waals surface area contributed by atoms with Gasteiger partial charge in [-0.2, -0.15) is 5.10 Å². The Labute approximate surface area is 140 Å². The first kappa shape index (κ1) is 16.4. The number of ether oxygens (including phenoxy) is 2. The molecule has 25 heavy (non-hydrogen) atoms. The van der Waals surface area contributed by atoms with Crippen LogP contribution in [0.4, 0.5) is 11.4 Å². The smallest absolute Gasteiger partial charge is 0.355 e. The van der Waals surface area contributed by atoms with Crippen LogP contribution in [0, 0.1) is 16.0 Å². The van der Waals surface area contributed by atoms with Gasteiger partial charge in [0.25, 0.3) is 11.6 Å². The summed E-state index contributed by atoms with van der Waals surface area (Å²) in [7, 11) is 2.45. The number of methoxy groups -OCH3 is 2. The van der Waals surface area contributed by atoms with Crippen LogP contribution in [0.1, 0.15) is 0 Å². The predicted octanol–water partition coefficient (Wildman–Crippen LogP) is -0.406. The number of nitrogens with zero attached hydrogens (tertiary/aromatic N) is 3. The van der Waals surface area contributed by atoms with Gasteiger partial charge in [-0.1, -0.05) is 0 Å². The molecule has 3 rings (SSSR count). The van der Waals surface area contributed by atoms with E-state index in [1.807, 2.05) is 0 Å². The van der Waals surface area contributed by atoms with Gasteiger partial charge in [-0.25, -0.2) is 9.69 Å². The van der Waals surface area contributed by atoms with Crippen molar-refractivity contribution in [1.29, 1.82) is 0 Å².